The molecule has 0 aliphatic carbocycles. The predicted octanol–water partition coefficient (Wildman–Crippen LogP) is 1.93. The quantitative estimate of drug-likeness (QED) is 0.657. The highest BCUT2D eigenvalue weighted by atomic mass is 32.1. The van der Waals surface area contributed by atoms with Crippen molar-refractivity contribution in [3.63, 3.8) is 0 Å². The molecule has 0 aliphatic heterocycles. The lowest BCUT2D eigenvalue weighted by Crippen LogP contribution is -2.46. The molecular weight excluding hydrogens is 380 g/mol. The molecule has 1 atom stereocenters. The highest BCUT2D eigenvalue weighted by Crippen LogP contribution is 2.08. The molecule has 0 radical (unpaired) electrons. The van der Waals surface area contributed by atoms with Gasteiger partial charge in [0.1, 0.15) is 6.04 Å². The van der Waals surface area contributed by atoms with Gasteiger partial charge in [0.2, 0.25) is 5.91 Å². The Morgan fingerprint density at radius 1 is 1.00 bits per heavy atom. The fourth-order valence-electron chi connectivity index (χ4n) is 2.36. The molecule has 148 valence electrons. The van der Waals surface area contributed by atoms with Crippen molar-refractivity contribution in [2.24, 2.45) is 5.92 Å². The van der Waals surface area contributed by atoms with Crippen molar-refractivity contribution >= 4 is 35.0 Å². The van der Waals surface area contributed by atoms with Crippen LogP contribution in [0.25, 0.3) is 0 Å². The first-order chi connectivity index (χ1) is 13.4. The van der Waals surface area contributed by atoms with Gasteiger partial charge in [-0.15, -0.1) is 11.3 Å². The summed E-state index contributed by atoms with van der Waals surface area (Å²) in [6, 6.07) is 11.5. The van der Waals surface area contributed by atoms with E-state index in [0.717, 1.165) is 5.56 Å². The molecule has 2 aromatic rings. The van der Waals surface area contributed by atoms with Crippen molar-refractivity contribution in [3.8, 4) is 0 Å². The lowest BCUT2D eigenvalue weighted by molar-refractivity contribution is -0.152. The maximum atomic E-state index is 12.3. The van der Waals surface area contributed by atoms with Crippen LogP contribution in [-0.2, 0) is 25.5 Å². The minimum atomic E-state index is -0.892. The van der Waals surface area contributed by atoms with Crippen LogP contribution in [0.4, 0.5) is 0 Å². The van der Waals surface area contributed by atoms with Crippen molar-refractivity contribution in [3.05, 3.63) is 58.3 Å². The second-order valence-electron chi connectivity index (χ2n) is 6.41. The third-order valence-corrected chi connectivity index (χ3v) is 4.66. The highest BCUT2D eigenvalue weighted by Gasteiger charge is 2.26. The van der Waals surface area contributed by atoms with E-state index in [9.17, 15) is 19.2 Å². The molecule has 3 amide bonds. The number of hydrogen-bond acceptors (Lipinski definition) is 6. The summed E-state index contributed by atoms with van der Waals surface area (Å²) in [5, 5.41) is 6.50. The van der Waals surface area contributed by atoms with Gasteiger partial charge in [-0.05, 0) is 22.9 Å². The Labute approximate surface area is 167 Å². The first-order valence-corrected chi connectivity index (χ1v) is 9.62. The Hall–Kier alpha value is -3.00. The Morgan fingerprint density at radius 3 is 2.32 bits per heavy atom. The summed E-state index contributed by atoms with van der Waals surface area (Å²) in [6.07, 6.45) is 0.132. The number of ether oxygens (including phenoxy) is 1. The normalized spacial score (nSPS) is 11.5. The van der Waals surface area contributed by atoms with Crippen LogP contribution in [0.2, 0.25) is 0 Å². The Balaban J connectivity index is 1.83. The maximum Gasteiger partial charge on any atom is 0.329 e. The lowest BCUT2D eigenvalue weighted by atomic mass is 10.0. The lowest BCUT2D eigenvalue weighted by Gasteiger charge is -2.20. The van der Waals surface area contributed by atoms with E-state index in [1.54, 1.807) is 31.4 Å². The van der Waals surface area contributed by atoms with Gasteiger partial charge in [-0.1, -0.05) is 50.2 Å². The third kappa shape index (κ3) is 6.62. The zero-order chi connectivity index (χ0) is 20.5. The molecule has 8 heteroatoms. The Morgan fingerprint density at radius 2 is 1.71 bits per heavy atom. The molecule has 1 aromatic heterocycles. The maximum absolute atomic E-state index is 12.3. The summed E-state index contributed by atoms with van der Waals surface area (Å²) in [4.78, 5) is 48.5. The summed E-state index contributed by atoms with van der Waals surface area (Å²) < 4.78 is 4.98. The van der Waals surface area contributed by atoms with E-state index < -0.39 is 30.4 Å². The van der Waals surface area contributed by atoms with Crippen LogP contribution in [-0.4, -0.2) is 36.3 Å². The average molecular weight is 402 g/mol. The molecule has 0 spiro atoms. The van der Waals surface area contributed by atoms with Gasteiger partial charge in [0.15, 0.2) is 6.61 Å². The molecule has 1 aromatic carbocycles. The number of nitrogens with one attached hydrogen (secondary N) is 2. The summed E-state index contributed by atoms with van der Waals surface area (Å²) in [6.45, 7) is 2.91. The number of imide groups is 1. The molecule has 0 saturated carbocycles. The number of rotatable bonds is 8. The summed E-state index contributed by atoms with van der Waals surface area (Å²) in [7, 11) is 0. The standard InChI is InChI=1S/C20H22N2O5S/c1-13(2)18(21-16(23)11-14-7-4-3-5-8-14)20(26)27-12-17(24)22-19(25)15-9-6-10-28-15/h3-10,13,18H,11-12H2,1-2H3,(H,21,23)(H,22,24,25)/t18-/m0/s1. The van der Waals surface area contributed by atoms with E-state index in [2.05, 4.69) is 10.6 Å². The SMILES string of the molecule is CC(C)[C@H](NC(=O)Cc1ccccc1)C(=O)OCC(=O)NC(=O)c1cccs1. The summed E-state index contributed by atoms with van der Waals surface area (Å²) in [5.41, 5.74) is 0.822. The van der Waals surface area contributed by atoms with E-state index in [4.69, 9.17) is 4.74 Å². The number of hydrogen-bond donors (Lipinski definition) is 2. The fourth-order valence-corrected chi connectivity index (χ4v) is 2.98. The van der Waals surface area contributed by atoms with Crippen molar-refractivity contribution in [2.75, 3.05) is 6.61 Å². The zero-order valence-corrected chi connectivity index (χ0v) is 16.5. The minimum absolute atomic E-state index is 0.132. The second kappa shape index (κ2) is 10.4. The van der Waals surface area contributed by atoms with Crippen molar-refractivity contribution in [2.45, 2.75) is 26.3 Å². The average Bonchev–Trinajstić information content (AvgIpc) is 3.19. The second-order valence-corrected chi connectivity index (χ2v) is 7.36. The monoisotopic (exact) mass is 402 g/mol. The van der Waals surface area contributed by atoms with Gasteiger partial charge < -0.3 is 10.1 Å². The van der Waals surface area contributed by atoms with E-state index in [1.807, 2.05) is 30.3 Å². The largest absolute Gasteiger partial charge is 0.454 e. The van der Waals surface area contributed by atoms with Gasteiger partial charge in [-0.3, -0.25) is 19.7 Å². The molecule has 0 bridgehead atoms. The summed E-state index contributed by atoms with van der Waals surface area (Å²) >= 11 is 1.19. The van der Waals surface area contributed by atoms with E-state index in [-0.39, 0.29) is 18.2 Å². The van der Waals surface area contributed by atoms with Gasteiger partial charge in [-0.25, -0.2) is 4.79 Å². The van der Waals surface area contributed by atoms with Crippen molar-refractivity contribution in [1.82, 2.24) is 10.6 Å². The topological polar surface area (TPSA) is 102 Å². The molecule has 2 rings (SSSR count). The van der Waals surface area contributed by atoms with Crippen LogP contribution < -0.4 is 10.6 Å². The van der Waals surface area contributed by atoms with Crippen LogP contribution in [0.5, 0.6) is 0 Å². The molecule has 0 fully saturated rings. The van der Waals surface area contributed by atoms with E-state index in [0.29, 0.717) is 4.88 Å². The van der Waals surface area contributed by atoms with Crippen LogP contribution in [0.1, 0.15) is 29.1 Å². The van der Waals surface area contributed by atoms with Crippen LogP contribution in [0.15, 0.2) is 47.8 Å². The van der Waals surface area contributed by atoms with Gasteiger partial charge in [0, 0.05) is 0 Å². The smallest absolute Gasteiger partial charge is 0.329 e. The zero-order valence-electron chi connectivity index (χ0n) is 15.6. The first-order valence-electron chi connectivity index (χ1n) is 8.74. The molecule has 0 unspecified atom stereocenters. The van der Waals surface area contributed by atoms with Crippen molar-refractivity contribution < 1.29 is 23.9 Å². The highest BCUT2D eigenvalue weighted by molar-refractivity contribution is 7.12. The van der Waals surface area contributed by atoms with Crippen LogP contribution >= 0.6 is 11.3 Å². The number of carbonyl (C=O) groups is 4. The molecule has 0 aliphatic rings. The Bertz CT molecular complexity index is 818. The predicted molar refractivity (Wildman–Crippen MR) is 105 cm³/mol. The molecule has 28 heavy (non-hydrogen) atoms. The van der Waals surface area contributed by atoms with Crippen molar-refractivity contribution in [1.29, 1.82) is 0 Å². The van der Waals surface area contributed by atoms with E-state index in [1.165, 1.54) is 11.3 Å². The van der Waals surface area contributed by atoms with Gasteiger partial charge in [0.05, 0.1) is 11.3 Å². The minimum Gasteiger partial charge on any atom is -0.454 e. The number of carbonyl (C=O) groups excluding carboxylic acids is 4. The Kier molecular flexibility index (Phi) is 7.88. The fraction of sp³-hybridized carbons (Fsp3) is 0.300. The molecule has 2 N–H and O–H groups in total. The van der Waals surface area contributed by atoms with Crippen LogP contribution in [0.3, 0.4) is 0 Å². The molecule has 0 saturated heterocycles. The summed E-state index contributed by atoms with van der Waals surface area (Å²) in [5.74, 6) is -2.56. The molecular formula is C20H22N2O5S. The third-order valence-electron chi connectivity index (χ3n) is 3.79. The number of benzene rings is 1. The number of amides is 3. The van der Waals surface area contributed by atoms with Gasteiger partial charge in [-0.2, -0.15) is 0 Å². The number of thiophene rings is 1. The van der Waals surface area contributed by atoms with Gasteiger partial charge >= 0.3 is 5.97 Å². The molecule has 7 nitrogen and oxygen atoms in total. The first kappa shape index (κ1) is 21.3. The van der Waals surface area contributed by atoms with E-state index >= 15 is 0 Å². The van der Waals surface area contributed by atoms with Gasteiger partial charge in [0.25, 0.3) is 11.8 Å². The van der Waals surface area contributed by atoms with Crippen LogP contribution in [0, 0.1) is 5.92 Å². The number of esters is 1. The molecule has 1 heterocycles.